The van der Waals surface area contributed by atoms with Gasteiger partial charge in [-0.05, 0) is 26.0 Å². The first-order valence-electron chi connectivity index (χ1n) is 5.52. The second-order valence-corrected chi connectivity index (χ2v) is 3.25. The molecule has 0 aromatic carbocycles. The fourth-order valence-corrected chi connectivity index (χ4v) is 0.847. The third-order valence-electron chi connectivity index (χ3n) is 1.75. The number of hydrogen-bond acceptors (Lipinski definition) is 3. The number of unbranched alkanes of at least 4 members (excludes halogenated alkanes) is 2. The molecule has 3 nitrogen and oxygen atoms in total. The average molecular weight is 214 g/mol. The molecule has 0 rings (SSSR count). The van der Waals surface area contributed by atoms with Crippen LogP contribution in [0.25, 0.3) is 0 Å². The van der Waals surface area contributed by atoms with Crippen molar-refractivity contribution in [3.63, 3.8) is 0 Å². The van der Waals surface area contributed by atoms with Gasteiger partial charge < -0.3 is 14.2 Å². The second kappa shape index (κ2) is 9.44. The zero-order valence-electron chi connectivity index (χ0n) is 9.88. The Kier molecular flexibility index (Phi) is 8.73. The van der Waals surface area contributed by atoms with Gasteiger partial charge in [0.15, 0.2) is 0 Å². The summed E-state index contributed by atoms with van der Waals surface area (Å²) in [6.45, 7) is 12.7. The van der Waals surface area contributed by atoms with Crippen molar-refractivity contribution < 1.29 is 14.2 Å². The SMILES string of the molecule is C=C(OCCCC)OC(=C)OCCCC. The average Bonchev–Trinajstić information content (AvgIpc) is 2.18. The van der Waals surface area contributed by atoms with Crippen LogP contribution in [0.5, 0.6) is 0 Å². The summed E-state index contributed by atoms with van der Waals surface area (Å²) in [6, 6.07) is 0. The smallest absolute Gasteiger partial charge is 0.279 e. The molecule has 0 atom stereocenters. The van der Waals surface area contributed by atoms with E-state index in [2.05, 4.69) is 27.0 Å². The Bertz CT molecular complexity index is 167. The summed E-state index contributed by atoms with van der Waals surface area (Å²) < 4.78 is 15.5. The van der Waals surface area contributed by atoms with Crippen LogP contribution in [-0.4, -0.2) is 13.2 Å². The number of rotatable bonds is 10. The number of hydrogen-bond donors (Lipinski definition) is 0. The third-order valence-corrected chi connectivity index (χ3v) is 1.75. The molecule has 0 radical (unpaired) electrons. The molecule has 0 aromatic heterocycles. The van der Waals surface area contributed by atoms with Gasteiger partial charge in [-0.3, -0.25) is 0 Å². The molecule has 0 unspecified atom stereocenters. The molecule has 3 heteroatoms. The molecule has 88 valence electrons. The van der Waals surface area contributed by atoms with Crippen molar-refractivity contribution in [1.29, 1.82) is 0 Å². The van der Waals surface area contributed by atoms with Gasteiger partial charge in [-0.2, -0.15) is 0 Å². The van der Waals surface area contributed by atoms with Crippen LogP contribution in [0.3, 0.4) is 0 Å². The molecule has 0 aliphatic carbocycles. The van der Waals surface area contributed by atoms with E-state index in [4.69, 9.17) is 14.2 Å². The van der Waals surface area contributed by atoms with Crippen molar-refractivity contribution in [2.75, 3.05) is 13.2 Å². The molecule has 0 aromatic rings. The van der Waals surface area contributed by atoms with Gasteiger partial charge in [0.1, 0.15) is 0 Å². The van der Waals surface area contributed by atoms with E-state index >= 15 is 0 Å². The van der Waals surface area contributed by atoms with E-state index < -0.39 is 0 Å². The molecule has 0 aliphatic rings. The van der Waals surface area contributed by atoms with Crippen LogP contribution in [0.4, 0.5) is 0 Å². The first-order valence-corrected chi connectivity index (χ1v) is 5.52. The van der Waals surface area contributed by atoms with E-state index in [9.17, 15) is 0 Å². The van der Waals surface area contributed by atoms with Crippen molar-refractivity contribution in [2.24, 2.45) is 0 Å². The van der Waals surface area contributed by atoms with Crippen molar-refractivity contribution >= 4 is 0 Å². The third kappa shape index (κ3) is 9.19. The summed E-state index contributed by atoms with van der Waals surface area (Å²) in [7, 11) is 0. The quantitative estimate of drug-likeness (QED) is 0.411. The molecule has 0 amide bonds. The molecular weight excluding hydrogens is 192 g/mol. The van der Waals surface area contributed by atoms with E-state index in [1.165, 1.54) is 0 Å². The molecule has 0 saturated carbocycles. The summed E-state index contributed by atoms with van der Waals surface area (Å²) in [6.07, 6.45) is 4.15. The monoisotopic (exact) mass is 214 g/mol. The van der Waals surface area contributed by atoms with Gasteiger partial charge in [0, 0.05) is 0 Å². The van der Waals surface area contributed by atoms with Gasteiger partial charge >= 0.3 is 0 Å². The maximum atomic E-state index is 5.20. The summed E-state index contributed by atoms with van der Waals surface area (Å²) in [5, 5.41) is 0. The Balaban J connectivity index is 3.45. The molecule has 0 saturated heterocycles. The predicted octanol–water partition coefficient (Wildman–Crippen LogP) is 3.58. The standard InChI is InChI=1S/C12H22O3/c1-5-7-9-13-11(3)15-12(4)14-10-8-6-2/h3-10H2,1-2H3. The maximum Gasteiger partial charge on any atom is 0.279 e. The topological polar surface area (TPSA) is 27.7 Å². The minimum absolute atomic E-state index is 0.255. The summed E-state index contributed by atoms with van der Waals surface area (Å²) >= 11 is 0. The predicted molar refractivity (Wildman–Crippen MR) is 61.1 cm³/mol. The van der Waals surface area contributed by atoms with Crippen LogP contribution < -0.4 is 0 Å². The first-order chi connectivity index (χ1) is 7.20. The summed E-state index contributed by atoms with van der Waals surface area (Å²) in [5.41, 5.74) is 0. The normalized spacial score (nSPS) is 9.47. The fraction of sp³-hybridized carbons (Fsp3) is 0.667. The molecule has 0 N–H and O–H groups in total. The lowest BCUT2D eigenvalue weighted by molar-refractivity contribution is -0.00383. The number of ether oxygens (including phenoxy) is 3. The Morgan fingerprint density at radius 1 is 0.867 bits per heavy atom. The van der Waals surface area contributed by atoms with Crippen LogP contribution in [0.2, 0.25) is 0 Å². The van der Waals surface area contributed by atoms with Crippen LogP contribution in [0.1, 0.15) is 39.5 Å². The minimum Gasteiger partial charge on any atom is -0.466 e. The second-order valence-electron chi connectivity index (χ2n) is 3.25. The van der Waals surface area contributed by atoms with E-state index in [-0.39, 0.29) is 11.9 Å². The lowest BCUT2D eigenvalue weighted by atomic mass is 10.4. The van der Waals surface area contributed by atoms with Crippen molar-refractivity contribution in [3.8, 4) is 0 Å². The Hall–Kier alpha value is -1.12. The van der Waals surface area contributed by atoms with E-state index in [0.717, 1.165) is 25.7 Å². The van der Waals surface area contributed by atoms with E-state index in [1.54, 1.807) is 0 Å². The first kappa shape index (κ1) is 13.9. The minimum atomic E-state index is 0.255. The highest BCUT2D eigenvalue weighted by Crippen LogP contribution is 2.07. The summed E-state index contributed by atoms with van der Waals surface area (Å²) in [5.74, 6) is 0.509. The fourth-order valence-electron chi connectivity index (χ4n) is 0.847. The van der Waals surface area contributed by atoms with Crippen molar-refractivity contribution in [3.05, 3.63) is 25.0 Å². The molecule has 0 spiro atoms. The highest BCUT2D eigenvalue weighted by molar-refractivity contribution is 4.79. The van der Waals surface area contributed by atoms with Gasteiger partial charge in [0.25, 0.3) is 11.9 Å². The highest BCUT2D eigenvalue weighted by Gasteiger charge is 2.00. The largest absolute Gasteiger partial charge is 0.466 e. The highest BCUT2D eigenvalue weighted by atomic mass is 16.7. The van der Waals surface area contributed by atoms with Gasteiger partial charge in [0.05, 0.1) is 13.2 Å². The maximum absolute atomic E-state index is 5.20. The van der Waals surface area contributed by atoms with E-state index in [1.807, 2.05) is 0 Å². The lowest BCUT2D eigenvalue weighted by Crippen LogP contribution is -2.01. The zero-order valence-corrected chi connectivity index (χ0v) is 9.88. The van der Waals surface area contributed by atoms with Gasteiger partial charge in [0.2, 0.25) is 0 Å². The molecule has 0 aliphatic heterocycles. The van der Waals surface area contributed by atoms with Gasteiger partial charge in [-0.25, -0.2) is 0 Å². The molecule has 0 fully saturated rings. The Labute approximate surface area is 92.7 Å². The molecule has 0 bridgehead atoms. The van der Waals surface area contributed by atoms with Crippen LogP contribution in [0.15, 0.2) is 25.0 Å². The Morgan fingerprint density at radius 2 is 1.27 bits per heavy atom. The van der Waals surface area contributed by atoms with Gasteiger partial charge in [-0.15, -0.1) is 0 Å². The summed E-state index contributed by atoms with van der Waals surface area (Å²) in [4.78, 5) is 0. The van der Waals surface area contributed by atoms with E-state index in [0.29, 0.717) is 13.2 Å². The van der Waals surface area contributed by atoms with Crippen LogP contribution in [-0.2, 0) is 14.2 Å². The van der Waals surface area contributed by atoms with Crippen molar-refractivity contribution in [2.45, 2.75) is 39.5 Å². The lowest BCUT2D eigenvalue weighted by Gasteiger charge is -2.12. The van der Waals surface area contributed by atoms with Crippen LogP contribution in [0, 0.1) is 0 Å². The van der Waals surface area contributed by atoms with Crippen LogP contribution >= 0.6 is 0 Å². The molecular formula is C12H22O3. The zero-order chi connectivity index (χ0) is 11.5. The van der Waals surface area contributed by atoms with Crippen molar-refractivity contribution in [1.82, 2.24) is 0 Å². The molecule has 15 heavy (non-hydrogen) atoms. The van der Waals surface area contributed by atoms with Gasteiger partial charge in [-0.1, -0.05) is 26.7 Å². The Morgan fingerprint density at radius 3 is 1.60 bits per heavy atom. The molecule has 0 heterocycles.